The molecule has 0 aliphatic heterocycles. The van der Waals surface area contributed by atoms with E-state index in [-0.39, 0.29) is 6.61 Å². The fourth-order valence-electron chi connectivity index (χ4n) is 1.09. The van der Waals surface area contributed by atoms with E-state index in [4.69, 9.17) is 4.52 Å². The van der Waals surface area contributed by atoms with Crippen molar-refractivity contribution in [1.82, 2.24) is 5.16 Å². The van der Waals surface area contributed by atoms with E-state index in [1.54, 1.807) is 17.4 Å². The Labute approximate surface area is 96.8 Å². The van der Waals surface area contributed by atoms with Gasteiger partial charge in [-0.25, -0.2) is 0 Å². The zero-order chi connectivity index (χ0) is 11.6. The Bertz CT molecular complexity index is 556. The smallest absolute Gasteiger partial charge is 0.264 e. The number of aromatic nitrogens is 1. The lowest BCUT2D eigenvalue weighted by atomic mass is 10.2. The van der Waals surface area contributed by atoms with Crippen LogP contribution in [0.25, 0.3) is 11.3 Å². The van der Waals surface area contributed by atoms with Crippen LogP contribution in [0.5, 0.6) is 0 Å². The molecule has 2 aromatic rings. The summed E-state index contributed by atoms with van der Waals surface area (Å²) in [6, 6.07) is 3.56. The fraction of sp³-hybridized carbons (Fsp3) is 0.222. The maximum atomic E-state index is 10.8. The Hall–Kier alpha value is -1.18. The van der Waals surface area contributed by atoms with Crippen LogP contribution in [-0.4, -0.2) is 19.8 Å². The molecule has 0 fully saturated rings. The van der Waals surface area contributed by atoms with Gasteiger partial charge in [-0.1, -0.05) is 5.16 Å². The molecule has 0 unspecified atom stereocenters. The summed E-state index contributed by atoms with van der Waals surface area (Å²) in [7, 11) is -3.45. The molecular weight excluding hydrogens is 250 g/mol. The van der Waals surface area contributed by atoms with Crippen molar-refractivity contribution in [2.45, 2.75) is 6.61 Å². The van der Waals surface area contributed by atoms with E-state index in [0.717, 1.165) is 11.8 Å². The van der Waals surface area contributed by atoms with Gasteiger partial charge in [-0.3, -0.25) is 4.18 Å². The summed E-state index contributed by atoms with van der Waals surface area (Å²) >= 11 is 1.55. The predicted molar refractivity (Wildman–Crippen MR) is 59.4 cm³/mol. The summed E-state index contributed by atoms with van der Waals surface area (Å²) in [5, 5.41) is 7.55. The topological polar surface area (TPSA) is 69.4 Å². The van der Waals surface area contributed by atoms with Crippen molar-refractivity contribution in [3.05, 3.63) is 28.6 Å². The fourth-order valence-corrected chi connectivity index (χ4v) is 2.07. The minimum absolute atomic E-state index is 0.105. The van der Waals surface area contributed by atoms with Crippen molar-refractivity contribution in [3.63, 3.8) is 0 Å². The van der Waals surface area contributed by atoms with Crippen molar-refractivity contribution in [2.75, 3.05) is 6.26 Å². The van der Waals surface area contributed by atoms with Gasteiger partial charge in [0.05, 0.1) is 6.26 Å². The summed E-state index contributed by atoms with van der Waals surface area (Å²) < 4.78 is 31.2. The third-order valence-electron chi connectivity index (χ3n) is 1.79. The Morgan fingerprint density at radius 3 is 3.00 bits per heavy atom. The first-order valence-corrected chi connectivity index (χ1v) is 7.13. The van der Waals surface area contributed by atoms with Crippen LogP contribution in [0.15, 0.2) is 27.4 Å². The Kier molecular flexibility index (Phi) is 3.08. The SMILES string of the molecule is CS(=O)(=O)OCc1cc(-c2ccsc2)on1. The average Bonchev–Trinajstić information content (AvgIpc) is 2.84. The Balaban J connectivity index is 2.09. The number of hydrogen-bond donors (Lipinski definition) is 0. The van der Waals surface area contributed by atoms with Gasteiger partial charge in [-0.05, 0) is 11.4 Å². The highest BCUT2D eigenvalue weighted by atomic mass is 32.2. The summed E-state index contributed by atoms with van der Waals surface area (Å²) in [5.41, 5.74) is 1.37. The normalized spacial score (nSPS) is 11.8. The number of rotatable bonds is 4. The second-order valence-electron chi connectivity index (χ2n) is 3.16. The van der Waals surface area contributed by atoms with E-state index in [9.17, 15) is 8.42 Å². The van der Waals surface area contributed by atoms with Gasteiger partial charge in [-0.15, -0.1) is 0 Å². The van der Waals surface area contributed by atoms with Crippen molar-refractivity contribution < 1.29 is 17.1 Å². The molecule has 0 aliphatic rings. The molecule has 2 aromatic heterocycles. The molecule has 5 nitrogen and oxygen atoms in total. The largest absolute Gasteiger partial charge is 0.356 e. The molecule has 0 amide bonds. The van der Waals surface area contributed by atoms with Crippen LogP contribution >= 0.6 is 11.3 Å². The second kappa shape index (κ2) is 4.36. The molecule has 0 radical (unpaired) electrons. The second-order valence-corrected chi connectivity index (χ2v) is 5.58. The molecule has 0 atom stereocenters. The van der Waals surface area contributed by atoms with Crippen LogP contribution in [0, 0.1) is 0 Å². The molecule has 2 rings (SSSR count). The van der Waals surface area contributed by atoms with Crippen LogP contribution in [0.2, 0.25) is 0 Å². The van der Waals surface area contributed by atoms with Gasteiger partial charge in [0.25, 0.3) is 10.1 Å². The lowest BCUT2D eigenvalue weighted by Crippen LogP contribution is -2.02. The van der Waals surface area contributed by atoms with E-state index in [0.29, 0.717) is 11.5 Å². The van der Waals surface area contributed by atoms with E-state index in [1.807, 2.05) is 16.8 Å². The van der Waals surface area contributed by atoms with Gasteiger partial charge in [0, 0.05) is 17.0 Å². The summed E-state index contributed by atoms with van der Waals surface area (Å²) in [6.07, 6.45) is 0.993. The molecule has 0 spiro atoms. The summed E-state index contributed by atoms with van der Waals surface area (Å²) in [6.45, 7) is -0.105. The zero-order valence-corrected chi connectivity index (χ0v) is 10.0. The van der Waals surface area contributed by atoms with Gasteiger partial charge < -0.3 is 4.52 Å². The number of hydrogen-bond acceptors (Lipinski definition) is 6. The van der Waals surface area contributed by atoms with Crippen LogP contribution in [0.4, 0.5) is 0 Å². The lowest BCUT2D eigenvalue weighted by Gasteiger charge is -1.94. The van der Waals surface area contributed by atoms with E-state index < -0.39 is 10.1 Å². The first kappa shape index (κ1) is 11.3. The molecular formula is C9H9NO4S2. The molecule has 2 heterocycles. The van der Waals surface area contributed by atoms with Gasteiger partial charge in [0.2, 0.25) is 0 Å². The average molecular weight is 259 g/mol. The standard InChI is InChI=1S/C9H9NO4S2/c1-16(11,12)13-5-8-4-9(14-10-8)7-2-3-15-6-7/h2-4,6H,5H2,1H3. The minimum atomic E-state index is -3.45. The Morgan fingerprint density at radius 1 is 1.56 bits per heavy atom. The maximum Gasteiger partial charge on any atom is 0.264 e. The third-order valence-corrected chi connectivity index (χ3v) is 3.01. The van der Waals surface area contributed by atoms with Crippen LogP contribution < -0.4 is 0 Å². The summed E-state index contributed by atoms with van der Waals surface area (Å²) in [5.74, 6) is 0.605. The highest BCUT2D eigenvalue weighted by Crippen LogP contribution is 2.22. The first-order valence-electron chi connectivity index (χ1n) is 4.37. The van der Waals surface area contributed by atoms with Crippen LogP contribution in [-0.2, 0) is 20.9 Å². The molecule has 0 saturated carbocycles. The molecule has 86 valence electrons. The van der Waals surface area contributed by atoms with Gasteiger partial charge in [0.15, 0.2) is 5.76 Å². The third kappa shape index (κ3) is 2.91. The van der Waals surface area contributed by atoms with Gasteiger partial charge >= 0.3 is 0 Å². The molecule has 0 aromatic carbocycles. The number of nitrogens with zero attached hydrogens (tertiary/aromatic N) is 1. The quantitative estimate of drug-likeness (QED) is 0.784. The maximum absolute atomic E-state index is 10.8. The van der Waals surface area contributed by atoms with Gasteiger partial charge in [-0.2, -0.15) is 19.8 Å². The van der Waals surface area contributed by atoms with Crippen molar-refractivity contribution in [2.24, 2.45) is 0 Å². The molecule has 0 saturated heterocycles. The molecule has 16 heavy (non-hydrogen) atoms. The van der Waals surface area contributed by atoms with Crippen molar-refractivity contribution in [1.29, 1.82) is 0 Å². The molecule has 7 heteroatoms. The molecule has 0 aliphatic carbocycles. The monoisotopic (exact) mass is 259 g/mol. The van der Waals surface area contributed by atoms with E-state index in [1.165, 1.54) is 0 Å². The zero-order valence-electron chi connectivity index (χ0n) is 8.41. The summed E-state index contributed by atoms with van der Waals surface area (Å²) in [4.78, 5) is 0. The predicted octanol–water partition coefficient (Wildman–Crippen LogP) is 1.88. The van der Waals surface area contributed by atoms with E-state index in [2.05, 4.69) is 9.34 Å². The highest BCUT2D eigenvalue weighted by Gasteiger charge is 2.09. The van der Waals surface area contributed by atoms with Gasteiger partial charge in [0.1, 0.15) is 12.3 Å². The Morgan fingerprint density at radius 2 is 2.38 bits per heavy atom. The van der Waals surface area contributed by atoms with Crippen molar-refractivity contribution >= 4 is 21.5 Å². The first-order chi connectivity index (χ1) is 7.54. The van der Waals surface area contributed by atoms with Crippen molar-refractivity contribution in [3.8, 4) is 11.3 Å². The van der Waals surface area contributed by atoms with Crippen LogP contribution in [0.1, 0.15) is 5.69 Å². The number of thiophene rings is 1. The van der Waals surface area contributed by atoms with E-state index >= 15 is 0 Å². The lowest BCUT2D eigenvalue weighted by molar-refractivity contribution is 0.296. The minimum Gasteiger partial charge on any atom is -0.356 e. The molecule has 0 bridgehead atoms. The van der Waals surface area contributed by atoms with Crippen LogP contribution in [0.3, 0.4) is 0 Å². The molecule has 0 N–H and O–H groups in total. The highest BCUT2D eigenvalue weighted by molar-refractivity contribution is 7.85.